The molecule has 1 saturated carbocycles. The van der Waals surface area contributed by atoms with Gasteiger partial charge in [-0.05, 0) is 43.2 Å². The van der Waals surface area contributed by atoms with Gasteiger partial charge in [0.05, 0.1) is 0 Å². The molecular weight excluding hydrogens is 172 g/mol. The van der Waals surface area contributed by atoms with Crippen LogP contribution in [0.25, 0.3) is 0 Å². The highest BCUT2D eigenvalue weighted by Crippen LogP contribution is 2.37. The van der Waals surface area contributed by atoms with Crippen LogP contribution in [0.1, 0.15) is 31.2 Å². The molecule has 2 atom stereocenters. The Morgan fingerprint density at radius 3 is 2.93 bits per heavy atom. The van der Waals surface area contributed by atoms with E-state index < -0.39 is 0 Å². The molecule has 0 radical (unpaired) electrons. The van der Waals surface area contributed by atoms with Crippen molar-refractivity contribution < 1.29 is 4.74 Å². The summed E-state index contributed by atoms with van der Waals surface area (Å²) in [5, 5.41) is 0. The van der Waals surface area contributed by atoms with Gasteiger partial charge in [-0.15, -0.1) is 0 Å². The number of hydrogen-bond donors (Lipinski definition) is 0. The van der Waals surface area contributed by atoms with Gasteiger partial charge in [-0.3, -0.25) is 0 Å². The Balaban J connectivity index is 1.91. The molecule has 0 aromatic heterocycles. The third-order valence-electron chi connectivity index (χ3n) is 3.57. The normalized spacial score (nSPS) is 30.0. The molecule has 3 rings (SSSR count). The zero-order valence-electron chi connectivity index (χ0n) is 8.41. The van der Waals surface area contributed by atoms with E-state index in [9.17, 15) is 0 Å². The summed E-state index contributed by atoms with van der Waals surface area (Å²) >= 11 is 0. The van der Waals surface area contributed by atoms with Crippen molar-refractivity contribution in [3.63, 3.8) is 0 Å². The first-order valence-corrected chi connectivity index (χ1v) is 5.68. The fourth-order valence-corrected chi connectivity index (χ4v) is 2.80. The van der Waals surface area contributed by atoms with Crippen molar-refractivity contribution in [3.8, 4) is 5.75 Å². The number of para-hydroxylation sites is 1. The number of ether oxygens (including phenoxy) is 1. The molecule has 2 aliphatic rings. The van der Waals surface area contributed by atoms with Crippen LogP contribution in [0.3, 0.4) is 0 Å². The van der Waals surface area contributed by atoms with Gasteiger partial charge < -0.3 is 4.74 Å². The Morgan fingerprint density at radius 2 is 1.93 bits per heavy atom. The smallest absolute Gasteiger partial charge is 0.122 e. The van der Waals surface area contributed by atoms with Crippen LogP contribution in [0.5, 0.6) is 5.75 Å². The summed E-state index contributed by atoms with van der Waals surface area (Å²) in [4.78, 5) is 0. The summed E-state index contributed by atoms with van der Waals surface area (Å²) in [6.07, 6.45) is 7.12. The van der Waals surface area contributed by atoms with Gasteiger partial charge in [-0.2, -0.15) is 0 Å². The summed E-state index contributed by atoms with van der Waals surface area (Å²) < 4.78 is 6.04. The van der Waals surface area contributed by atoms with Crippen molar-refractivity contribution in [1.82, 2.24) is 0 Å². The number of fused-ring (bicyclic) bond motifs is 2. The second kappa shape index (κ2) is 3.30. The van der Waals surface area contributed by atoms with Crippen LogP contribution in [0.4, 0.5) is 0 Å². The van der Waals surface area contributed by atoms with Gasteiger partial charge in [-0.25, -0.2) is 0 Å². The van der Waals surface area contributed by atoms with Crippen molar-refractivity contribution in [2.75, 3.05) is 0 Å². The second-order valence-electron chi connectivity index (χ2n) is 4.51. The lowest BCUT2D eigenvalue weighted by molar-refractivity contribution is 0.0752. The molecule has 1 nitrogen and oxygen atoms in total. The van der Waals surface area contributed by atoms with Crippen LogP contribution in [0.2, 0.25) is 0 Å². The largest absolute Gasteiger partial charge is 0.490 e. The first-order valence-electron chi connectivity index (χ1n) is 5.68. The van der Waals surface area contributed by atoms with Crippen molar-refractivity contribution >= 4 is 0 Å². The predicted molar refractivity (Wildman–Crippen MR) is 56.5 cm³/mol. The maximum Gasteiger partial charge on any atom is 0.122 e. The third-order valence-corrected chi connectivity index (χ3v) is 3.57. The van der Waals surface area contributed by atoms with Crippen molar-refractivity contribution in [3.05, 3.63) is 29.8 Å². The van der Waals surface area contributed by atoms with E-state index in [2.05, 4.69) is 24.3 Å². The van der Waals surface area contributed by atoms with E-state index in [1.165, 1.54) is 37.7 Å². The first kappa shape index (κ1) is 8.34. The molecule has 1 heterocycles. The van der Waals surface area contributed by atoms with E-state index in [4.69, 9.17) is 4.74 Å². The molecule has 0 spiro atoms. The van der Waals surface area contributed by atoms with Crippen LogP contribution in [-0.2, 0) is 6.42 Å². The molecule has 74 valence electrons. The lowest BCUT2D eigenvalue weighted by atomic mass is 9.80. The first-order chi connectivity index (χ1) is 6.93. The summed E-state index contributed by atoms with van der Waals surface area (Å²) in [5.41, 5.74) is 1.41. The number of rotatable bonds is 0. The van der Waals surface area contributed by atoms with Gasteiger partial charge >= 0.3 is 0 Å². The maximum absolute atomic E-state index is 6.04. The van der Waals surface area contributed by atoms with Gasteiger partial charge in [0.25, 0.3) is 0 Å². The highest BCUT2D eigenvalue weighted by molar-refractivity contribution is 5.35. The van der Waals surface area contributed by atoms with Gasteiger partial charge in [0, 0.05) is 0 Å². The van der Waals surface area contributed by atoms with Crippen molar-refractivity contribution in [2.24, 2.45) is 5.92 Å². The van der Waals surface area contributed by atoms with Crippen LogP contribution in [-0.4, -0.2) is 6.10 Å². The van der Waals surface area contributed by atoms with Gasteiger partial charge in [0.1, 0.15) is 11.9 Å². The molecule has 1 fully saturated rings. The summed E-state index contributed by atoms with van der Waals surface area (Å²) in [7, 11) is 0. The molecule has 1 aliphatic heterocycles. The van der Waals surface area contributed by atoms with Crippen LogP contribution < -0.4 is 4.74 Å². The van der Waals surface area contributed by atoms with Crippen LogP contribution in [0.15, 0.2) is 24.3 Å². The zero-order chi connectivity index (χ0) is 9.38. The minimum absolute atomic E-state index is 0.513. The van der Waals surface area contributed by atoms with E-state index in [1.807, 2.05) is 0 Å². The molecule has 0 saturated heterocycles. The molecule has 1 aliphatic carbocycles. The van der Waals surface area contributed by atoms with Crippen LogP contribution >= 0.6 is 0 Å². The summed E-state index contributed by atoms with van der Waals surface area (Å²) in [6.45, 7) is 0. The van der Waals surface area contributed by atoms with E-state index >= 15 is 0 Å². The SMILES string of the molecule is c1ccc2c(c1)CC1CCCCC1O2. The average Bonchev–Trinajstić information content (AvgIpc) is 2.26. The molecule has 1 aromatic rings. The maximum atomic E-state index is 6.04. The van der Waals surface area contributed by atoms with Gasteiger partial charge in [-0.1, -0.05) is 24.6 Å². The van der Waals surface area contributed by atoms with E-state index in [1.54, 1.807) is 0 Å². The third kappa shape index (κ3) is 1.31. The Kier molecular flexibility index (Phi) is 1.97. The summed E-state index contributed by atoms with van der Waals surface area (Å²) in [5.74, 6) is 1.93. The number of benzene rings is 1. The molecule has 14 heavy (non-hydrogen) atoms. The topological polar surface area (TPSA) is 9.23 Å². The molecule has 2 unspecified atom stereocenters. The Hall–Kier alpha value is -0.980. The molecule has 1 heteroatoms. The minimum Gasteiger partial charge on any atom is -0.490 e. The van der Waals surface area contributed by atoms with Crippen molar-refractivity contribution in [1.29, 1.82) is 0 Å². The van der Waals surface area contributed by atoms with E-state index in [-0.39, 0.29) is 0 Å². The molecule has 0 N–H and O–H groups in total. The molecule has 1 aromatic carbocycles. The molecule has 0 amide bonds. The van der Waals surface area contributed by atoms with Gasteiger partial charge in [0.2, 0.25) is 0 Å². The molecular formula is C13H16O. The lowest BCUT2D eigenvalue weighted by Crippen LogP contribution is -2.35. The highest BCUT2D eigenvalue weighted by atomic mass is 16.5. The van der Waals surface area contributed by atoms with E-state index in [0.29, 0.717) is 6.10 Å². The van der Waals surface area contributed by atoms with E-state index in [0.717, 1.165) is 11.7 Å². The number of hydrogen-bond acceptors (Lipinski definition) is 1. The standard InChI is InChI=1S/C13H16O/c1-3-7-12-10(5-1)9-11-6-2-4-8-13(11)14-12/h1,3,5,7,11,13H,2,4,6,8-9H2. The lowest BCUT2D eigenvalue weighted by Gasteiger charge is -2.36. The molecule has 0 bridgehead atoms. The fourth-order valence-electron chi connectivity index (χ4n) is 2.80. The Bertz CT molecular complexity index is 299. The summed E-state index contributed by atoms with van der Waals surface area (Å²) in [6, 6.07) is 8.51. The zero-order valence-corrected chi connectivity index (χ0v) is 8.41. The highest BCUT2D eigenvalue weighted by Gasteiger charge is 2.31. The Labute approximate surface area is 85.1 Å². The fraction of sp³-hybridized carbons (Fsp3) is 0.538. The van der Waals surface area contributed by atoms with Gasteiger partial charge in [0.15, 0.2) is 0 Å². The predicted octanol–water partition coefficient (Wildman–Crippen LogP) is 3.18. The minimum atomic E-state index is 0.513. The second-order valence-corrected chi connectivity index (χ2v) is 4.51. The van der Waals surface area contributed by atoms with Crippen LogP contribution in [0, 0.1) is 5.92 Å². The Morgan fingerprint density at radius 1 is 1.07 bits per heavy atom. The quantitative estimate of drug-likeness (QED) is 0.607. The average molecular weight is 188 g/mol. The monoisotopic (exact) mass is 188 g/mol. The van der Waals surface area contributed by atoms with Crippen molar-refractivity contribution in [2.45, 2.75) is 38.2 Å².